The van der Waals surface area contributed by atoms with Crippen molar-refractivity contribution in [3.63, 3.8) is 0 Å². The van der Waals surface area contributed by atoms with E-state index >= 15 is 0 Å². The molecule has 2 aliphatic carbocycles. The van der Waals surface area contributed by atoms with Crippen molar-refractivity contribution in [2.75, 3.05) is 6.61 Å². The highest BCUT2D eigenvalue weighted by atomic mass is 32.2. The lowest BCUT2D eigenvalue weighted by atomic mass is 10.0. The summed E-state index contributed by atoms with van der Waals surface area (Å²) in [5.41, 5.74) is 1.43. The van der Waals surface area contributed by atoms with Crippen LogP contribution in [0, 0.1) is 0 Å². The molecule has 7 nitrogen and oxygen atoms in total. The Morgan fingerprint density at radius 1 is 1.00 bits per heavy atom. The van der Waals surface area contributed by atoms with Crippen LogP contribution in [0.5, 0.6) is 0 Å². The molecule has 2 fully saturated rings. The second-order valence-corrected chi connectivity index (χ2v) is 9.84. The topological polar surface area (TPSA) is 97.6 Å². The summed E-state index contributed by atoms with van der Waals surface area (Å²) in [6.07, 6.45) is 10.2. The van der Waals surface area contributed by atoms with Gasteiger partial charge in [0, 0.05) is 28.0 Å². The zero-order valence-electron chi connectivity index (χ0n) is 18.2. The largest absolute Gasteiger partial charge is 0.450 e. The number of urea groups is 1. The van der Waals surface area contributed by atoms with E-state index in [1.807, 2.05) is 36.0 Å². The van der Waals surface area contributed by atoms with Gasteiger partial charge in [0.25, 0.3) is 5.91 Å². The third-order valence-corrected chi connectivity index (χ3v) is 7.58. The number of carbonyl (C=O) groups is 3. The van der Waals surface area contributed by atoms with Gasteiger partial charge in [-0.25, -0.2) is 9.59 Å². The summed E-state index contributed by atoms with van der Waals surface area (Å²) >= 11 is 1.85. The lowest BCUT2D eigenvalue weighted by molar-refractivity contribution is -0.123. The lowest BCUT2D eigenvalue weighted by Crippen LogP contribution is -2.45. The Hall–Kier alpha value is -2.48. The first-order valence-corrected chi connectivity index (χ1v) is 12.5. The summed E-state index contributed by atoms with van der Waals surface area (Å²) in [4.78, 5) is 36.7. The number of amides is 3. The summed E-state index contributed by atoms with van der Waals surface area (Å²) in [6, 6.07) is 7.08. The molecule has 0 aliphatic heterocycles. The van der Waals surface area contributed by atoms with Gasteiger partial charge >= 0.3 is 12.0 Å². The van der Waals surface area contributed by atoms with E-state index in [0.717, 1.165) is 36.6 Å². The van der Waals surface area contributed by atoms with E-state index in [2.05, 4.69) is 10.6 Å². The van der Waals surface area contributed by atoms with Gasteiger partial charge in [-0.2, -0.15) is 11.8 Å². The number of hydrogen-bond donors (Lipinski definition) is 2. The molecule has 0 saturated heterocycles. The number of thioether (sulfide) groups is 1. The number of carbonyl (C=O) groups excluding carboxylic acids is 3. The van der Waals surface area contributed by atoms with Crippen LogP contribution in [0.1, 0.15) is 73.9 Å². The Morgan fingerprint density at radius 2 is 1.72 bits per heavy atom. The molecule has 3 amide bonds. The molecule has 4 rings (SSSR count). The van der Waals surface area contributed by atoms with Crippen LogP contribution in [-0.4, -0.2) is 35.8 Å². The van der Waals surface area contributed by atoms with Crippen molar-refractivity contribution in [1.29, 1.82) is 0 Å². The molecule has 0 radical (unpaired) electrons. The number of benzene rings is 1. The SMILES string of the molecule is O=C(COC(=O)c1oc2ccccc2c1CSC1CCCCC1)NC(=O)NC1CCCC1. The number of esters is 1. The van der Waals surface area contributed by atoms with E-state index in [1.165, 1.54) is 32.1 Å². The van der Waals surface area contributed by atoms with Gasteiger partial charge in [-0.1, -0.05) is 50.3 Å². The van der Waals surface area contributed by atoms with Gasteiger partial charge in [-0.3, -0.25) is 10.1 Å². The fourth-order valence-corrected chi connectivity index (χ4v) is 5.85. The Morgan fingerprint density at radius 3 is 2.50 bits per heavy atom. The number of rotatable bonds is 7. The third-order valence-electron chi connectivity index (χ3n) is 6.18. The van der Waals surface area contributed by atoms with Crippen LogP contribution in [0.2, 0.25) is 0 Å². The van der Waals surface area contributed by atoms with Crippen LogP contribution in [0.25, 0.3) is 11.0 Å². The Balaban J connectivity index is 1.35. The highest BCUT2D eigenvalue weighted by Crippen LogP contribution is 2.35. The van der Waals surface area contributed by atoms with E-state index in [-0.39, 0.29) is 11.8 Å². The van der Waals surface area contributed by atoms with Crippen molar-refractivity contribution in [2.24, 2.45) is 0 Å². The zero-order valence-corrected chi connectivity index (χ0v) is 19.0. The maximum atomic E-state index is 12.7. The summed E-state index contributed by atoms with van der Waals surface area (Å²) < 4.78 is 11.0. The lowest BCUT2D eigenvalue weighted by Gasteiger charge is -2.20. The molecular formula is C24H30N2O5S. The Labute approximate surface area is 192 Å². The van der Waals surface area contributed by atoms with Crippen molar-refractivity contribution in [3.8, 4) is 0 Å². The zero-order chi connectivity index (χ0) is 22.3. The average Bonchev–Trinajstić information content (AvgIpc) is 3.44. The molecule has 0 unspecified atom stereocenters. The molecule has 1 aromatic heterocycles. The first kappa shape index (κ1) is 22.7. The molecule has 0 atom stereocenters. The molecule has 32 heavy (non-hydrogen) atoms. The van der Waals surface area contributed by atoms with E-state index in [1.54, 1.807) is 0 Å². The van der Waals surface area contributed by atoms with Crippen LogP contribution in [0.3, 0.4) is 0 Å². The Bertz CT molecular complexity index is 960. The molecule has 1 aromatic carbocycles. The average molecular weight is 459 g/mol. The minimum absolute atomic E-state index is 0.102. The molecule has 1 heterocycles. The van der Waals surface area contributed by atoms with E-state index < -0.39 is 24.5 Å². The van der Waals surface area contributed by atoms with Gasteiger partial charge in [0.1, 0.15) is 5.58 Å². The predicted octanol–water partition coefficient (Wildman–Crippen LogP) is 4.92. The highest BCUT2D eigenvalue weighted by Gasteiger charge is 2.25. The second kappa shape index (κ2) is 10.9. The van der Waals surface area contributed by atoms with Gasteiger partial charge in [0.05, 0.1) is 0 Å². The fraction of sp³-hybridized carbons (Fsp3) is 0.542. The van der Waals surface area contributed by atoms with E-state index in [9.17, 15) is 14.4 Å². The summed E-state index contributed by atoms with van der Waals surface area (Å²) in [5.74, 6) is -0.560. The van der Waals surface area contributed by atoms with Crippen molar-refractivity contribution in [3.05, 3.63) is 35.6 Å². The first-order chi connectivity index (χ1) is 15.6. The van der Waals surface area contributed by atoms with E-state index in [0.29, 0.717) is 16.6 Å². The number of furan rings is 1. The van der Waals surface area contributed by atoms with Crippen LogP contribution in [0.4, 0.5) is 4.79 Å². The van der Waals surface area contributed by atoms with Crippen molar-refractivity contribution < 1.29 is 23.5 Å². The molecule has 0 bridgehead atoms. The standard InChI is InChI=1S/C24H30N2O5S/c27-21(26-24(29)25-16-8-4-5-9-16)14-30-23(28)22-19(15-32-17-10-2-1-3-11-17)18-12-6-7-13-20(18)31-22/h6-7,12-13,16-17H,1-5,8-11,14-15H2,(H2,25,26,27,29). The number of nitrogens with one attached hydrogen (secondary N) is 2. The number of hydrogen-bond acceptors (Lipinski definition) is 6. The smallest absolute Gasteiger partial charge is 0.375 e. The maximum Gasteiger partial charge on any atom is 0.375 e. The number of imide groups is 1. The predicted molar refractivity (Wildman–Crippen MR) is 124 cm³/mol. The molecule has 2 saturated carbocycles. The van der Waals surface area contributed by atoms with Crippen molar-refractivity contribution in [1.82, 2.24) is 10.6 Å². The van der Waals surface area contributed by atoms with Gasteiger partial charge in [0.15, 0.2) is 6.61 Å². The Kier molecular flexibility index (Phi) is 7.73. The van der Waals surface area contributed by atoms with Crippen LogP contribution >= 0.6 is 11.8 Å². The second-order valence-electron chi connectivity index (χ2n) is 8.56. The fourth-order valence-electron chi connectivity index (χ4n) is 4.49. The molecule has 172 valence electrons. The number of ether oxygens (including phenoxy) is 1. The summed E-state index contributed by atoms with van der Waals surface area (Å²) in [5, 5.41) is 6.47. The summed E-state index contributed by atoms with van der Waals surface area (Å²) in [7, 11) is 0. The molecule has 2 aliphatic rings. The number of fused-ring (bicyclic) bond motifs is 1. The quantitative estimate of drug-likeness (QED) is 0.571. The minimum atomic E-state index is -0.688. The maximum absolute atomic E-state index is 12.7. The molecule has 0 spiro atoms. The van der Waals surface area contributed by atoms with Gasteiger partial charge < -0.3 is 14.5 Å². The molecular weight excluding hydrogens is 428 g/mol. The molecule has 2 N–H and O–H groups in total. The van der Waals surface area contributed by atoms with E-state index in [4.69, 9.17) is 9.15 Å². The first-order valence-electron chi connectivity index (χ1n) is 11.5. The van der Waals surface area contributed by atoms with Gasteiger partial charge in [0.2, 0.25) is 5.76 Å². The molecule has 2 aromatic rings. The van der Waals surface area contributed by atoms with Gasteiger partial charge in [-0.05, 0) is 31.7 Å². The number of para-hydroxylation sites is 1. The summed E-state index contributed by atoms with van der Waals surface area (Å²) in [6.45, 7) is -0.539. The normalized spacial score (nSPS) is 17.4. The van der Waals surface area contributed by atoms with Crippen LogP contribution in [-0.2, 0) is 15.3 Å². The minimum Gasteiger partial charge on any atom is -0.450 e. The van der Waals surface area contributed by atoms with Crippen LogP contribution < -0.4 is 10.6 Å². The third kappa shape index (κ3) is 5.85. The van der Waals surface area contributed by atoms with Crippen molar-refractivity contribution >= 4 is 40.6 Å². The van der Waals surface area contributed by atoms with Gasteiger partial charge in [-0.15, -0.1) is 0 Å². The molecule has 8 heteroatoms. The highest BCUT2D eigenvalue weighted by molar-refractivity contribution is 7.99. The van der Waals surface area contributed by atoms with Crippen LogP contribution in [0.15, 0.2) is 28.7 Å². The monoisotopic (exact) mass is 458 g/mol. The van der Waals surface area contributed by atoms with Crippen molar-refractivity contribution in [2.45, 2.75) is 74.8 Å².